The van der Waals surface area contributed by atoms with Gasteiger partial charge in [-0.1, -0.05) is 36.3 Å². The van der Waals surface area contributed by atoms with E-state index < -0.39 is 0 Å². The highest BCUT2D eigenvalue weighted by Crippen LogP contribution is 2.33. The first-order valence-corrected chi connectivity index (χ1v) is 7.97. The van der Waals surface area contributed by atoms with Gasteiger partial charge in [0.2, 0.25) is 0 Å². The van der Waals surface area contributed by atoms with Gasteiger partial charge in [0.15, 0.2) is 5.96 Å². The van der Waals surface area contributed by atoms with Gasteiger partial charge in [-0.05, 0) is 25.3 Å². The number of nitrogens with zero attached hydrogens (tertiary/aromatic N) is 1. The van der Waals surface area contributed by atoms with Crippen LogP contribution in [-0.4, -0.2) is 32.2 Å². The zero-order valence-electron chi connectivity index (χ0n) is 13.6. The van der Waals surface area contributed by atoms with Crippen LogP contribution in [0.25, 0.3) is 0 Å². The summed E-state index contributed by atoms with van der Waals surface area (Å²) >= 11 is 0. The molecule has 0 saturated carbocycles. The van der Waals surface area contributed by atoms with Gasteiger partial charge in [0.25, 0.3) is 0 Å². The Kier molecular flexibility index (Phi) is 9.72. The monoisotopic (exact) mass is 427 g/mol. The van der Waals surface area contributed by atoms with E-state index in [0.29, 0.717) is 12.5 Å². The molecule has 1 aliphatic heterocycles. The van der Waals surface area contributed by atoms with Crippen molar-refractivity contribution < 1.29 is 4.74 Å². The highest BCUT2D eigenvalue weighted by molar-refractivity contribution is 14.0. The minimum absolute atomic E-state index is 0. The molecule has 2 N–H and O–H groups in total. The molecular formula is C18H26IN3O. The molecule has 0 spiro atoms. The molecule has 126 valence electrons. The fourth-order valence-corrected chi connectivity index (χ4v) is 2.73. The molecule has 1 aromatic carbocycles. The molecule has 4 nitrogen and oxygen atoms in total. The predicted octanol–water partition coefficient (Wildman–Crippen LogP) is 2.96. The molecule has 1 saturated heterocycles. The Balaban J connectivity index is 0.00000264. The van der Waals surface area contributed by atoms with E-state index in [1.54, 1.807) is 0 Å². The normalized spacial score (nSPS) is 21.0. The standard InChI is InChI=1S/C18H25N3O.HI/c1-3-12-20-18(19-4-2)21-14-16-11-8-13-22-17(16)15-9-6-5-7-10-15;/h1,5-7,9-10,16-17H,4,8,11-14H2,2H3,(H2,19,20,21);1H. The number of rotatable bonds is 5. The van der Waals surface area contributed by atoms with E-state index in [1.165, 1.54) is 5.56 Å². The van der Waals surface area contributed by atoms with Crippen molar-refractivity contribution in [1.29, 1.82) is 0 Å². The van der Waals surface area contributed by atoms with Crippen molar-refractivity contribution >= 4 is 29.9 Å². The highest BCUT2D eigenvalue weighted by atomic mass is 127. The fraction of sp³-hybridized carbons (Fsp3) is 0.500. The largest absolute Gasteiger partial charge is 0.373 e. The summed E-state index contributed by atoms with van der Waals surface area (Å²) in [5.41, 5.74) is 1.24. The lowest BCUT2D eigenvalue weighted by atomic mass is 9.89. The van der Waals surface area contributed by atoms with E-state index in [-0.39, 0.29) is 30.1 Å². The average molecular weight is 427 g/mol. The van der Waals surface area contributed by atoms with Crippen LogP contribution in [-0.2, 0) is 4.74 Å². The molecule has 0 aliphatic carbocycles. The topological polar surface area (TPSA) is 45.7 Å². The third-order valence-corrected chi connectivity index (χ3v) is 3.76. The Morgan fingerprint density at radius 1 is 1.35 bits per heavy atom. The first-order valence-electron chi connectivity index (χ1n) is 7.97. The summed E-state index contributed by atoms with van der Waals surface area (Å²) in [4.78, 5) is 4.67. The first-order chi connectivity index (χ1) is 10.8. The van der Waals surface area contributed by atoms with Crippen LogP contribution in [0, 0.1) is 18.3 Å². The van der Waals surface area contributed by atoms with E-state index in [1.807, 2.05) is 13.0 Å². The van der Waals surface area contributed by atoms with Crippen molar-refractivity contribution in [2.45, 2.75) is 25.9 Å². The van der Waals surface area contributed by atoms with Crippen molar-refractivity contribution in [1.82, 2.24) is 10.6 Å². The van der Waals surface area contributed by atoms with Crippen LogP contribution in [0.2, 0.25) is 0 Å². The minimum Gasteiger partial charge on any atom is -0.373 e. The summed E-state index contributed by atoms with van der Waals surface area (Å²) in [6.45, 7) is 4.91. The third kappa shape index (κ3) is 6.40. The van der Waals surface area contributed by atoms with Gasteiger partial charge in [0.05, 0.1) is 12.6 Å². The summed E-state index contributed by atoms with van der Waals surface area (Å²) in [6, 6.07) is 10.4. The molecule has 23 heavy (non-hydrogen) atoms. The molecule has 0 bridgehead atoms. The molecular weight excluding hydrogens is 401 g/mol. The molecule has 1 heterocycles. The Morgan fingerprint density at radius 2 is 2.13 bits per heavy atom. The number of hydrogen-bond acceptors (Lipinski definition) is 2. The van der Waals surface area contributed by atoms with E-state index in [0.717, 1.165) is 38.5 Å². The van der Waals surface area contributed by atoms with Crippen LogP contribution < -0.4 is 10.6 Å². The number of ether oxygens (including phenoxy) is 1. The lowest BCUT2D eigenvalue weighted by molar-refractivity contribution is -0.0250. The molecule has 2 atom stereocenters. The zero-order valence-corrected chi connectivity index (χ0v) is 16.0. The lowest BCUT2D eigenvalue weighted by Crippen LogP contribution is -2.38. The maximum atomic E-state index is 6.01. The molecule has 5 heteroatoms. The van der Waals surface area contributed by atoms with Crippen LogP contribution in [0.3, 0.4) is 0 Å². The Hall–Kier alpha value is -1.26. The number of guanidine groups is 1. The fourth-order valence-electron chi connectivity index (χ4n) is 2.73. The van der Waals surface area contributed by atoms with Gasteiger partial charge in [0.1, 0.15) is 0 Å². The van der Waals surface area contributed by atoms with E-state index in [9.17, 15) is 0 Å². The minimum atomic E-state index is 0. The quantitative estimate of drug-likeness (QED) is 0.329. The third-order valence-electron chi connectivity index (χ3n) is 3.76. The number of halogens is 1. The van der Waals surface area contributed by atoms with Gasteiger partial charge >= 0.3 is 0 Å². The van der Waals surface area contributed by atoms with Gasteiger partial charge in [0, 0.05) is 25.6 Å². The number of nitrogens with one attached hydrogen (secondary N) is 2. The molecule has 0 aromatic heterocycles. The first kappa shape index (κ1) is 19.8. The van der Waals surface area contributed by atoms with Gasteiger partial charge in [-0.15, -0.1) is 30.4 Å². The van der Waals surface area contributed by atoms with E-state index in [2.05, 4.69) is 45.8 Å². The van der Waals surface area contributed by atoms with Crippen LogP contribution in [0.5, 0.6) is 0 Å². The Labute approximate surface area is 156 Å². The average Bonchev–Trinajstić information content (AvgIpc) is 2.58. The highest BCUT2D eigenvalue weighted by Gasteiger charge is 2.27. The van der Waals surface area contributed by atoms with Crippen molar-refractivity contribution in [3.63, 3.8) is 0 Å². The van der Waals surface area contributed by atoms with Gasteiger partial charge in [-0.25, -0.2) is 0 Å². The van der Waals surface area contributed by atoms with E-state index in [4.69, 9.17) is 11.2 Å². The van der Waals surface area contributed by atoms with Crippen LogP contribution >= 0.6 is 24.0 Å². The Morgan fingerprint density at radius 3 is 2.83 bits per heavy atom. The van der Waals surface area contributed by atoms with Crippen LogP contribution in [0.4, 0.5) is 0 Å². The van der Waals surface area contributed by atoms with Crippen molar-refractivity contribution in [2.75, 3.05) is 26.2 Å². The molecule has 1 fully saturated rings. The number of terminal acetylenes is 1. The predicted molar refractivity (Wildman–Crippen MR) is 106 cm³/mol. The second kappa shape index (κ2) is 11.3. The summed E-state index contributed by atoms with van der Waals surface area (Å²) in [5, 5.41) is 6.34. The van der Waals surface area contributed by atoms with Crippen molar-refractivity contribution in [3.8, 4) is 12.3 Å². The summed E-state index contributed by atoms with van der Waals surface area (Å²) in [6.07, 6.45) is 7.66. The van der Waals surface area contributed by atoms with Crippen molar-refractivity contribution in [2.24, 2.45) is 10.9 Å². The van der Waals surface area contributed by atoms with Crippen LogP contribution in [0.1, 0.15) is 31.4 Å². The summed E-state index contributed by atoms with van der Waals surface area (Å²) in [5.74, 6) is 3.75. The number of aliphatic imine (C=N–C) groups is 1. The summed E-state index contributed by atoms with van der Waals surface area (Å²) in [7, 11) is 0. The second-order valence-corrected chi connectivity index (χ2v) is 5.38. The smallest absolute Gasteiger partial charge is 0.192 e. The molecule has 0 radical (unpaired) electrons. The maximum Gasteiger partial charge on any atom is 0.192 e. The lowest BCUT2D eigenvalue weighted by Gasteiger charge is -2.31. The zero-order chi connectivity index (χ0) is 15.6. The molecule has 0 amide bonds. The molecule has 2 rings (SSSR count). The molecule has 1 aromatic rings. The van der Waals surface area contributed by atoms with Crippen LogP contribution in [0.15, 0.2) is 35.3 Å². The SMILES string of the molecule is C#CCNC(=NCC1CCCOC1c1ccccc1)NCC.I. The molecule has 2 unspecified atom stereocenters. The Bertz CT molecular complexity index is 513. The van der Waals surface area contributed by atoms with Gasteiger partial charge in [-0.2, -0.15) is 0 Å². The van der Waals surface area contributed by atoms with Gasteiger partial charge < -0.3 is 15.4 Å². The van der Waals surface area contributed by atoms with Gasteiger partial charge in [-0.3, -0.25) is 4.99 Å². The second-order valence-electron chi connectivity index (χ2n) is 5.38. The summed E-state index contributed by atoms with van der Waals surface area (Å²) < 4.78 is 6.01. The van der Waals surface area contributed by atoms with Crippen molar-refractivity contribution in [3.05, 3.63) is 35.9 Å². The molecule has 1 aliphatic rings. The maximum absolute atomic E-state index is 6.01. The number of benzene rings is 1. The van der Waals surface area contributed by atoms with E-state index >= 15 is 0 Å². The number of hydrogen-bond donors (Lipinski definition) is 2.